The Morgan fingerprint density at radius 3 is 2.20 bits per heavy atom. The number of ether oxygens (including phenoxy) is 1. The molecule has 5 heteroatoms. The maximum Gasteiger partial charge on any atom is 0.412 e. The number of rotatable bonds is 3. The molecule has 1 aromatic rings. The molecule has 0 aliphatic rings. The average molecular weight is 248 g/mol. The summed E-state index contributed by atoms with van der Waals surface area (Å²) in [5.74, 6) is 1.16. The fraction of sp³-hybridized carbons (Fsp3) is 0.300. The second-order valence-corrected chi connectivity index (χ2v) is 3.43. The van der Waals surface area contributed by atoms with Crippen LogP contribution in [0.25, 0.3) is 0 Å². The maximum atomic E-state index is 11.0. The number of carbonyl (C=O) groups is 1. The number of hydrogen-bond acceptors (Lipinski definition) is 2. The van der Waals surface area contributed by atoms with Crippen molar-refractivity contribution >= 4 is 29.3 Å². The van der Waals surface area contributed by atoms with Crippen molar-refractivity contribution in [3.8, 4) is 5.75 Å². The van der Waals surface area contributed by atoms with Crippen LogP contribution in [-0.4, -0.2) is 13.1 Å². The van der Waals surface area contributed by atoms with Crippen LogP contribution in [-0.2, 0) is 11.8 Å². The average Bonchev–Trinajstić information content (AvgIpc) is 2.28. The summed E-state index contributed by atoms with van der Waals surface area (Å²) in [6, 6.07) is 5.29. The summed E-state index contributed by atoms with van der Waals surface area (Å²) in [7, 11) is 1.50. The van der Waals surface area contributed by atoms with Gasteiger partial charge in [0, 0.05) is 18.8 Å². The van der Waals surface area contributed by atoms with Gasteiger partial charge in [-0.3, -0.25) is 0 Å². The largest absolute Gasteiger partial charge is 0.412 e. The lowest BCUT2D eigenvalue weighted by Gasteiger charge is -2.07. The van der Waals surface area contributed by atoms with Crippen LogP contribution in [0.1, 0.15) is 11.1 Å². The van der Waals surface area contributed by atoms with E-state index in [9.17, 15) is 4.79 Å². The fourth-order valence-electron chi connectivity index (χ4n) is 1.10. The Morgan fingerprint density at radius 2 is 1.80 bits per heavy atom. The van der Waals surface area contributed by atoms with E-state index in [1.807, 2.05) is 6.07 Å². The van der Waals surface area contributed by atoms with Crippen molar-refractivity contribution in [3.63, 3.8) is 0 Å². The first-order valence-corrected chi connectivity index (χ1v) is 5.41. The first-order valence-electron chi connectivity index (χ1n) is 4.34. The van der Waals surface area contributed by atoms with Gasteiger partial charge in [0.2, 0.25) is 0 Å². The summed E-state index contributed by atoms with van der Waals surface area (Å²) >= 11 is 11.4. The summed E-state index contributed by atoms with van der Waals surface area (Å²) in [5.41, 5.74) is 1.74. The summed E-state index contributed by atoms with van der Waals surface area (Å²) in [6.45, 7) is 0. The van der Waals surface area contributed by atoms with E-state index in [0.29, 0.717) is 17.5 Å². The molecule has 0 heterocycles. The molecule has 0 aliphatic carbocycles. The zero-order chi connectivity index (χ0) is 11.3. The second kappa shape index (κ2) is 5.83. The summed E-state index contributed by atoms with van der Waals surface area (Å²) in [4.78, 5) is 11.0. The summed E-state index contributed by atoms with van der Waals surface area (Å²) in [5, 5.41) is 2.36. The van der Waals surface area contributed by atoms with Gasteiger partial charge in [-0.05, 0) is 23.3 Å². The molecular formula is C10H11Cl2NO2. The van der Waals surface area contributed by atoms with Crippen molar-refractivity contribution in [1.29, 1.82) is 0 Å². The molecule has 0 saturated heterocycles. The van der Waals surface area contributed by atoms with Gasteiger partial charge in [0.05, 0.1) is 0 Å². The minimum absolute atomic E-state index is 0.356. The number of halogens is 2. The minimum atomic E-state index is -0.512. The predicted octanol–water partition coefficient (Wildman–Crippen LogP) is 2.88. The van der Waals surface area contributed by atoms with E-state index in [0.717, 1.165) is 11.1 Å². The van der Waals surface area contributed by atoms with Gasteiger partial charge in [-0.2, -0.15) is 0 Å². The van der Waals surface area contributed by atoms with E-state index in [4.69, 9.17) is 27.9 Å². The zero-order valence-corrected chi connectivity index (χ0v) is 9.73. The summed E-state index contributed by atoms with van der Waals surface area (Å²) in [6.07, 6.45) is -0.512. The lowest BCUT2D eigenvalue weighted by Crippen LogP contribution is -2.22. The second-order valence-electron chi connectivity index (χ2n) is 2.89. The molecule has 0 saturated carbocycles. The molecular weight excluding hydrogens is 237 g/mol. The van der Waals surface area contributed by atoms with Gasteiger partial charge in [0.25, 0.3) is 0 Å². The number of alkyl halides is 2. The number of amides is 1. The van der Waals surface area contributed by atoms with E-state index in [-0.39, 0.29) is 0 Å². The van der Waals surface area contributed by atoms with Crippen LogP contribution >= 0.6 is 23.2 Å². The molecule has 0 aliphatic heterocycles. The van der Waals surface area contributed by atoms with Gasteiger partial charge in [-0.15, -0.1) is 23.2 Å². The highest BCUT2D eigenvalue weighted by Crippen LogP contribution is 2.20. The third kappa shape index (κ3) is 3.61. The lowest BCUT2D eigenvalue weighted by molar-refractivity contribution is 0.203. The Balaban J connectivity index is 2.91. The quantitative estimate of drug-likeness (QED) is 0.835. The van der Waals surface area contributed by atoms with Gasteiger partial charge in [-0.1, -0.05) is 6.07 Å². The molecule has 1 rings (SSSR count). The van der Waals surface area contributed by atoms with E-state index >= 15 is 0 Å². The lowest BCUT2D eigenvalue weighted by atomic mass is 10.1. The van der Waals surface area contributed by atoms with Crippen LogP contribution < -0.4 is 10.1 Å². The molecule has 15 heavy (non-hydrogen) atoms. The van der Waals surface area contributed by atoms with Crippen LogP contribution in [0.4, 0.5) is 4.79 Å². The molecule has 0 bridgehead atoms. The molecule has 0 radical (unpaired) electrons. The predicted molar refractivity (Wildman–Crippen MR) is 60.6 cm³/mol. The Kier molecular flexibility index (Phi) is 4.72. The monoisotopic (exact) mass is 247 g/mol. The maximum absolute atomic E-state index is 11.0. The molecule has 0 unspecified atom stereocenters. The van der Waals surface area contributed by atoms with Crippen LogP contribution in [0, 0.1) is 0 Å². The standard InChI is InChI=1S/C10H11Cl2NO2/c1-13-10(14)15-9-3-7(5-11)2-8(4-9)6-12/h2-4H,5-6H2,1H3,(H,13,14). The summed E-state index contributed by atoms with van der Waals surface area (Å²) < 4.78 is 4.98. The van der Waals surface area contributed by atoms with Gasteiger partial charge in [0.15, 0.2) is 0 Å². The van der Waals surface area contributed by atoms with Crippen molar-refractivity contribution in [2.24, 2.45) is 0 Å². The number of carbonyl (C=O) groups excluding carboxylic acids is 1. The van der Waals surface area contributed by atoms with Crippen molar-refractivity contribution in [1.82, 2.24) is 5.32 Å². The fourth-order valence-corrected chi connectivity index (χ4v) is 1.41. The van der Waals surface area contributed by atoms with E-state index in [2.05, 4.69) is 5.32 Å². The Morgan fingerprint density at radius 1 is 1.27 bits per heavy atom. The molecule has 0 spiro atoms. The molecule has 1 aromatic carbocycles. The van der Waals surface area contributed by atoms with Gasteiger partial charge in [-0.25, -0.2) is 4.79 Å². The van der Waals surface area contributed by atoms with Crippen molar-refractivity contribution < 1.29 is 9.53 Å². The van der Waals surface area contributed by atoms with E-state index in [1.165, 1.54) is 7.05 Å². The highest BCUT2D eigenvalue weighted by Gasteiger charge is 2.04. The van der Waals surface area contributed by atoms with Crippen LogP contribution in [0.3, 0.4) is 0 Å². The van der Waals surface area contributed by atoms with Crippen LogP contribution in [0.5, 0.6) is 5.75 Å². The molecule has 1 N–H and O–H groups in total. The van der Waals surface area contributed by atoms with E-state index in [1.54, 1.807) is 12.1 Å². The Labute approximate surface area is 98.3 Å². The van der Waals surface area contributed by atoms with Gasteiger partial charge >= 0.3 is 6.09 Å². The highest BCUT2D eigenvalue weighted by atomic mass is 35.5. The SMILES string of the molecule is CNC(=O)Oc1cc(CCl)cc(CCl)c1. The smallest absolute Gasteiger partial charge is 0.410 e. The third-order valence-corrected chi connectivity index (χ3v) is 2.37. The first-order chi connectivity index (χ1) is 7.19. The molecule has 0 aromatic heterocycles. The number of benzene rings is 1. The normalized spacial score (nSPS) is 9.80. The molecule has 3 nitrogen and oxygen atoms in total. The van der Waals surface area contributed by atoms with Crippen molar-refractivity contribution in [2.45, 2.75) is 11.8 Å². The zero-order valence-electron chi connectivity index (χ0n) is 8.22. The van der Waals surface area contributed by atoms with Crippen LogP contribution in [0.15, 0.2) is 18.2 Å². The molecule has 82 valence electrons. The molecule has 0 fully saturated rings. The minimum Gasteiger partial charge on any atom is -0.410 e. The number of nitrogens with one attached hydrogen (secondary N) is 1. The van der Waals surface area contributed by atoms with Crippen LogP contribution in [0.2, 0.25) is 0 Å². The first kappa shape index (κ1) is 12.1. The Hall–Kier alpha value is -0.930. The van der Waals surface area contributed by atoms with Gasteiger partial charge in [0.1, 0.15) is 5.75 Å². The Bertz CT molecular complexity index is 333. The topological polar surface area (TPSA) is 38.3 Å². The molecule has 0 atom stereocenters. The highest BCUT2D eigenvalue weighted by molar-refractivity contribution is 6.17. The van der Waals surface area contributed by atoms with Crippen molar-refractivity contribution in [3.05, 3.63) is 29.3 Å². The number of hydrogen-bond donors (Lipinski definition) is 1. The van der Waals surface area contributed by atoms with Crippen molar-refractivity contribution in [2.75, 3.05) is 7.05 Å². The third-order valence-electron chi connectivity index (χ3n) is 1.75. The van der Waals surface area contributed by atoms with Gasteiger partial charge < -0.3 is 10.1 Å². The molecule has 1 amide bonds. The van der Waals surface area contributed by atoms with E-state index < -0.39 is 6.09 Å².